The molecular formula is C19H15ClN2O2. The molecule has 120 valence electrons. The summed E-state index contributed by atoms with van der Waals surface area (Å²) in [6.45, 7) is 0.262. The molecule has 0 saturated carbocycles. The van der Waals surface area contributed by atoms with Crippen LogP contribution in [0.5, 0.6) is 0 Å². The molecule has 24 heavy (non-hydrogen) atoms. The number of amides is 1. The van der Waals surface area contributed by atoms with Crippen molar-refractivity contribution in [1.29, 1.82) is 0 Å². The Kier molecular flexibility index (Phi) is 4.77. The number of rotatable bonds is 4. The van der Waals surface area contributed by atoms with E-state index in [1.54, 1.807) is 12.1 Å². The third kappa shape index (κ3) is 3.55. The summed E-state index contributed by atoms with van der Waals surface area (Å²) in [6.07, 6.45) is 0. The fourth-order valence-electron chi connectivity index (χ4n) is 2.35. The van der Waals surface area contributed by atoms with Gasteiger partial charge in [-0.3, -0.25) is 9.59 Å². The van der Waals surface area contributed by atoms with E-state index >= 15 is 0 Å². The van der Waals surface area contributed by atoms with Gasteiger partial charge in [0.1, 0.15) is 5.56 Å². The van der Waals surface area contributed by atoms with Crippen molar-refractivity contribution in [3.8, 4) is 11.3 Å². The van der Waals surface area contributed by atoms with Crippen LogP contribution in [0.3, 0.4) is 0 Å². The monoisotopic (exact) mass is 338 g/mol. The van der Waals surface area contributed by atoms with Gasteiger partial charge in [0.15, 0.2) is 0 Å². The summed E-state index contributed by atoms with van der Waals surface area (Å²) >= 11 is 6.05. The van der Waals surface area contributed by atoms with Crippen molar-refractivity contribution in [3.05, 3.63) is 93.2 Å². The van der Waals surface area contributed by atoms with E-state index in [0.29, 0.717) is 10.7 Å². The highest BCUT2D eigenvalue weighted by Gasteiger charge is 2.11. The minimum Gasteiger partial charge on any atom is -0.348 e. The van der Waals surface area contributed by atoms with Gasteiger partial charge in [0.05, 0.1) is 0 Å². The van der Waals surface area contributed by atoms with Crippen LogP contribution in [0.4, 0.5) is 0 Å². The summed E-state index contributed by atoms with van der Waals surface area (Å²) in [6, 6.07) is 20.0. The Hall–Kier alpha value is -2.85. The van der Waals surface area contributed by atoms with Gasteiger partial charge in [-0.15, -0.1) is 0 Å². The predicted molar refractivity (Wildman–Crippen MR) is 95.1 cm³/mol. The smallest absolute Gasteiger partial charge is 0.261 e. The van der Waals surface area contributed by atoms with Crippen LogP contribution in [-0.2, 0) is 6.54 Å². The fourth-order valence-corrected chi connectivity index (χ4v) is 2.55. The number of halogens is 1. The Bertz CT molecular complexity index is 920. The summed E-state index contributed by atoms with van der Waals surface area (Å²) in [5.41, 5.74) is 2.00. The third-order valence-electron chi connectivity index (χ3n) is 3.64. The quantitative estimate of drug-likeness (QED) is 0.763. The summed E-state index contributed by atoms with van der Waals surface area (Å²) in [4.78, 5) is 27.2. The minimum atomic E-state index is -0.434. The number of benzene rings is 2. The summed E-state index contributed by atoms with van der Waals surface area (Å²) in [7, 11) is 0. The van der Waals surface area contributed by atoms with Crippen LogP contribution >= 0.6 is 11.6 Å². The van der Waals surface area contributed by atoms with Gasteiger partial charge in [0.25, 0.3) is 11.5 Å². The number of nitrogens with one attached hydrogen (secondary N) is 2. The number of carbonyl (C=O) groups excluding carboxylic acids is 1. The molecule has 0 fully saturated rings. The van der Waals surface area contributed by atoms with Crippen LogP contribution < -0.4 is 10.9 Å². The van der Waals surface area contributed by atoms with E-state index in [-0.39, 0.29) is 12.1 Å². The average Bonchev–Trinajstić information content (AvgIpc) is 2.61. The van der Waals surface area contributed by atoms with Crippen molar-refractivity contribution in [2.75, 3.05) is 0 Å². The second-order valence-corrected chi connectivity index (χ2v) is 5.66. The van der Waals surface area contributed by atoms with Crippen molar-refractivity contribution >= 4 is 17.5 Å². The van der Waals surface area contributed by atoms with Crippen molar-refractivity contribution in [2.24, 2.45) is 0 Å². The molecule has 0 aliphatic rings. The number of aromatic amines is 1. The number of aromatic nitrogens is 1. The molecule has 0 aliphatic heterocycles. The zero-order valence-corrected chi connectivity index (χ0v) is 13.5. The topological polar surface area (TPSA) is 62.0 Å². The van der Waals surface area contributed by atoms with Gasteiger partial charge < -0.3 is 10.3 Å². The first-order valence-corrected chi connectivity index (χ1v) is 7.83. The van der Waals surface area contributed by atoms with Crippen LogP contribution in [0.1, 0.15) is 15.9 Å². The third-order valence-corrected chi connectivity index (χ3v) is 4.00. The van der Waals surface area contributed by atoms with Crippen molar-refractivity contribution < 1.29 is 4.79 Å². The molecule has 0 bridgehead atoms. The zero-order valence-electron chi connectivity index (χ0n) is 12.8. The van der Waals surface area contributed by atoms with Crippen LogP contribution in [-0.4, -0.2) is 10.9 Å². The van der Waals surface area contributed by atoms with E-state index in [2.05, 4.69) is 10.3 Å². The number of pyridine rings is 1. The van der Waals surface area contributed by atoms with Gasteiger partial charge in [-0.05, 0) is 29.3 Å². The first kappa shape index (κ1) is 16.0. The summed E-state index contributed by atoms with van der Waals surface area (Å²) in [5, 5.41) is 3.29. The van der Waals surface area contributed by atoms with E-state index in [9.17, 15) is 9.59 Å². The number of carbonyl (C=O) groups is 1. The molecule has 0 unspecified atom stereocenters. The van der Waals surface area contributed by atoms with E-state index in [1.165, 1.54) is 6.07 Å². The molecule has 3 rings (SSSR count). The second kappa shape index (κ2) is 7.15. The lowest BCUT2D eigenvalue weighted by Gasteiger charge is -2.07. The lowest BCUT2D eigenvalue weighted by atomic mass is 10.1. The molecule has 1 amide bonds. The molecule has 0 aliphatic carbocycles. The first-order chi connectivity index (χ1) is 11.6. The largest absolute Gasteiger partial charge is 0.348 e. The highest BCUT2D eigenvalue weighted by atomic mass is 35.5. The first-order valence-electron chi connectivity index (χ1n) is 7.45. The van der Waals surface area contributed by atoms with Gasteiger partial charge in [-0.25, -0.2) is 0 Å². The van der Waals surface area contributed by atoms with Gasteiger partial charge >= 0.3 is 0 Å². The molecule has 1 aromatic heterocycles. The molecule has 5 heteroatoms. The van der Waals surface area contributed by atoms with Crippen LogP contribution in [0.2, 0.25) is 5.02 Å². The van der Waals surface area contributed by atoms with Gasteiger partial charge in [0, 0.05) is 17.3 Å². The van der Waals surface area contributed by atoms with E-state index in [0.717, 1.165) is 11.1 Å². The van der Waals surface area contributed by atoms with E-state index in [1.807, 2.05) is 48.5 Å². The molecule has 2 aromatic carbocycles. The minimum absolute atomic E-state index is 0.0711. The Labute approximate surface area is 144 Å². The van der Waals surface area contributed by atoms with Crippen LogP contribution in [0.25, 0.3) is 11.3 Å². The highest BCUT2D eigenvalue weighted by Crippen LogP contribution is 2.16. The molecular weight excluding hydrogens is 324 g/mol. The number of hydrogen-bond acceptors (Lipinski definition) is 2. The molecule has 0 spiro atoms. The number of hydrogen-bond donors (Lipinski definition) is 2. The zero-order chi connectivity index (χ0) is 16.9. The molecule has 0 atom stereocenters. The van der Waals surface area contributed by atoms with Crippen molar-refractivity contribution in [1.82, 2.24) is 10.3 Å². The van der Waals surface area contributed by atoms with Crippen LogP contribution in [0, 0.1) is 0 Å². The Balaban J connectivity index is 1.76. The predicted octanol–water partition coefficient (Wildman–Crippen LogP) is 3.63. The van der Waals surface area contributed by atoms with Crippen molar-refractivity contribution in [3.63, 3.8) is 0 Å². The maximum Gasteiger partial charge on any atom is 0.261 e. The van der Waals surface area contributed by atoms with Crippen LogP contribution in [0.15, 0.2) is 71.5 Å². The van der Waals surface area contributed by atoms with Gasteiger partial charge in [-0.2, -0.15) is 0 Å². The van der Waals surface area contributed by atoms with Gasteiger partial charge in [0.2, 0.25) is 0 Å². The fraction of sp³-hybridized carbons (Fsp3) is 0.0526. The van der Waals surface area contributed by atoms with E-state index < -0.39 is 11.5 Å². The lowest BCUT2D eigenvalue weighted by molar-refractivity contribution is 0.0949. The average molecular weight is 339 g/mol. The highest BCUT2D eigenvalue weighted by molar-refractivity contribution is 6.31. The standard InChI is InChI=1S/C19H15ClN2O2/c20-16-9-5-4-8-14(16)12-21-18(23)15-10-11-17(22-19(15)24)13-6-2-1-3-7-13/h1-11H,12H2,(H,21,23)(H,22,24). The van der Waals surface area contributed by atoms with Gasteiger partial charge in [-0.1, -0.05) is 60.1 Å². The van der Waals surface area contributed by atoms with E-state index in [4.69, 9.17) is 11.6 Å². The molecule has 1 heterocycles. The normalized spacial score (nSPS) is 10.4. The summed E-state index contributed by atoms with van der Waals surface area (Å²) < 4.78 is 0. The number of H-pyrrole nitrogens is 1. The molecule has 4 nitrogen and oxygen atoms in total. The Morgan fingerprint density at radius 1 is 0.958 bits per heavy atom. The lowest BCUT2D eigenvalue weighted by Crippen LogP contribution is -2.29. The van der Waals surface area contributed by atoms with Crippen molar-refractivity contribution in [2.45, 2.75) is 6.54 Å². The SMILES string of the molecule is O=C(NCc1ccccc1Cl)c1ccc(-c2ccccc2)[nH]c1=O. The second-order valence-electron chi connectivity index (χ2n) is 5.25. The Morgan fingerprint density at radius 3 is 2.38 bits per heavy atom. The molecule has 0 radical (unpaired) electrons. The molecule has 3 aromatic rings. The summed E-state index contributed by atoms with van der Waals surface area (Å²) in [5.74, 6) is -0.434. The molecule has 2 N–H and O–H groups in total. The Morgan fingerprint density at radius 2 is 1.67 bits per heavy atom. The maximum atomic E-state index is 12.2. The molecule has 0 saturated heterocycles. The maximum absolute atomic E-state index is 12.2.